The first-order valence-corrected chi connectivity index (χ1v) is 11.5. The number of carbonyl (C=O) groups is 1. The van der Waals surface area contributed by atoms with Gasteiger partial charge in [0.05, 0.1) is 4.90 Å². The molecule has 1 amide bonds. The van der Waals surface area contributed by atoms with Gasteiger partial charge in [0.15, 0.2) is 5.60 Å². The molecule has 1 aliphatic carbocycles. The fourth-order valence-electron chi connectivity index (χ4n) is 4.18. The quantitative estimate of drug-likeness (QED) is 0.642. The molecule has 31 heavy (non-hydrogen) atoms. The summed E-state index contributed by atoms with van der Waals surface area (Å²) in [7, 11) is -3.91. The van der Waals surface area contributed by atoms with Gasteiger partial charge in [0.1, 0.15) is 0 Å². The summed E-state index contributed by atoms with van der Waals surface area (Å²) in [4.78, 5) is 13.3. The summed E-state index contributed by atoms with van der Waals surface area (Å²) in [6, 6.07) is 3.82. The summed E-state index contributed by atoms with van der Waals surface area (Å²) in [5, 5.41) is 9.77. The molecule has 1 aromatic carbocycles. The summed E-state index contributed by atoms with van der Waals surface area (Å²) in [5.41, 5.74) is 1.73. The van der Waals surface area contributed by atoms with Gasteiger partial charge in [-0.2, -0.15) is 17.5 Å². The van der Waals surface area contributed by atoms with Crippen molar-refractivity contribution in [2.24, 2.45) is 11.1 Å². The van der Waals surface area contributed by atoms with Gasteiger partial charge >= 0.3 is 6.18 Å². The topological polar surface area (TPSA) is 104 Å². The number of primary amides is 1. The van der Waals surface area contributed by atoms with Gasteiger partial charge in [-0.05, 0) is 49.8 Å². The van der Waals surface area contributed by atoms with Crippen molar-refractivity contribution in [3.63, 3.8) is 0 Å². The van der Waals surface area contributed by atoms with Crippen LogP contribution in [0, 0.1) is 5.41 Å². The number of nitrogens with two attached hydrogens (primary N) is 1. The predicted molar refractivity (Wildman–Crippen MR) is 107 cm³/mol. The van der Waals surface area contributed by atoms with E-state index in [4.69, 9.17) is 5.73 Å². The van der Waals surface area contributed by atoms with Crippen LogP contribution in [-0.2, 0) is 20.4 Å². The van der Waals surface area contributed by atoms with Gasteiger partial charge in [-0.15, -0.1) is 0 Å². The van der Waals surface area contributed by atoms with Gasteiger partial charge in [-0.1, -0.05) is 12.1 Å². The average molecular weight is 464 g/mol. The highest BCUT2D eigenvalue weighted by Gasteiger charge is 2.51. The molecule has 0 spiro atoms. The lowest BCUT2D eigenvalue weighted by Gasteiger charge is -2.40. The third kappa shape index (κ3) is 4.89. The van der Waals surface area contributed by atoms with E-state index >= 15 is 0 Å². The molecule has 174 valence electrons. The van der Waals surface area contributed by atoms with E-state index in [9.17, 15) is 31.5 Å². The van der Waals surface area contributed by atoms with Crippen molar-refractivity contribution in [3.8, 4) is 0 Å². The van der Waals surface area contributed by atoms with Crippen LogP contribution in [0.4, 0.5) is 13.2 Å². The van der Waals surface area contributed by atoms with Crippen LogP contribution >= 0.6 is 0 Å². The number of amides is 1. The molecule has 1 heterocycles. The van der Waals surface area contributed by atoms with Crippen LogP contribution in [0.25, 0.3) is 0 Å². The van der Waals surface area contributed by atoms with Crippen molar-refractivity contribution in [1.29, 1.82) is 0 Å². The van der Waals surface area contributed by atoms with E-state index in [1.165, 1.54) is 4.31 Å². The lowest BCUT2D eigenvalue weighted by molar-refractivity contribution is -0.258. The Balaban J connectivity index is 1.70. The molecule has 2 fully saturated rings. The Kier molecular flexibility index (Phi) is 6.20. The van der Waals surface area contributed by atoms with E-state index in [0.29, 0.717) is 33.0 Å². The summed E-state index contributed by atoms with van der Waals surface area (Å²) in [6.07, 6.45) is -2.70. The number of benzene rings is 1. The van der Waals surface area contributed by atoms with Gasteiger partial charge < -0.3 is 10.8 Å². The Labute approximate surface area is 180 Å². The van der Waals surface area contributed by atoms with Gasteiger partial charge in [0.25, 0.3) is 0 Å². The largest absolute Gasteiger partial charge is 0.421 e. The van der Waals surface area contributed by atoms with Gasteiger partial charge in [-0.3, -0.25) is 9.69 Å². The lowest BCUT2D eigenvalue weighted by atomic mass is 9.96. The summed E-state index contributed by atoms with van der Waals surface area (Å²) in [5.74, 6) is -0.334. The smallest absolute Gasteiger partial charge is 0.376 e. The molecule has 1 saturated carbocycles. The van der Waals surface area contributed by atoms with Crippen molar-refractivity contribution in [1.82, 2.24) is 9.21 Å². The maximum atomic E-state index is 13.1. The van der Waals surface area contributed by atoms with Gasteiger partial charge in [0.2, 0.25) is 15.9 Å². The van der Waals surface area contributed by atoms with Crippen molar-refractivity contribution < 1.29 is 31.5 Å². The number of piperazine rings is 1. The molecule has 2 aliphatic rings. The average Bonchev–Trinajstić information content (AvgIpc) is 3.38. The van der Waals surface area contributed by atoms with E-state index in [-0.39, 0.29) is 28.8 Å². The molecule has 0 radical (unpaired) electrons. The third-order valence-corrected chi connectivity index (χ3v) is 8.32. The highest BCUT2D eigenvalue weighted by atomic mass is 32.2. The molecule has 11 heteroatoms. The van der Waals surface area contributed by atoms with E-state index in [1.54, 1.807) is 6.92 Å². The number of nitrogens with zero attached hydrogens (tertiary/aromatic N) is 2. The molecule has 2 atom stereocenters. The van der Waals surface area contributed by atoms with E-state index in [2.05, 4.69) is 4.90 Å². The van der Waals surface area contributed by atoms with Crippen molar-refractivity contribution >= 4 is 15.9 Å². The number of aliphatic hydroxyl groups is 1. The van der Waals surface area contributed by atoms with E-state index in [1.807, 2.05) is 0 Å². The van der Waals surface area contributed by atoms with Crippen LogP contribution in [0.2, 0.25) is 0 Å². The number of carbonyl (C=O) groups excluding carboxylic acids is 1. The number of halogens is 3. The molecule has 3 N–H and O–H groups in total. The molecule has 1 saturated heterocycles. The molecular weight excluding hydrogens is 435 g/mol. The standard InChI is InChI=1S/C20H28F3N3O4S/c1-14-12-25(13-19(7-8-19)11-17(24)27)9-10-26(14)31(29,30)16-5-3-15(4-6-16)18(2,28)20(21,22)23/h3-6,14,28H,7-13H2,1-2H3,(H2,24,27)/t14-,18?/m1/s1. The number of sulfonamides is 1. The first kappa shape index (κ1) is 24.0. The zero-order valence-electron chi connectivity index (χ0n) is 17.5. The molecule has 3 rings (SSSR count). The SMILES string of the molecule is C[C@@H]1CN(CC2(CC(N)=O)CC2)CCN1S(=O)(=O)c1ccc(C(C)(O)C(F)(F)F)cc1. The van der Waals surface area contributed by atoms with Crippen LogP contribution in [0.1, 0.15) is 38.7 Å². The van der Waals surface area contributed by atoms with E-state index in [0.717, 1.165) is 37.1 Å². The Bertz CT molecular complexity index is 928. The summed E-state index contributed by atoms with van der Waals surface area (Å²) < 4.78 is 66.5. The predicted octanol–water partition coefficient (Wildman–Crippen LogP) is 1.81. The molecule has 1 unspecified atom stereocenters. The van der Waals surface area contributed by atoms with Crippen LogP contribution in [0.15, 0.2) is 29.2 Å². The normalized spacial score (nSPS) is 24.5. The molecular formula is C20H28F3N3O4S. The second-order valence-corrected chi connectivity index (χ2v) is 10.8. The zero-order valence-corrected chi connectivity index (χ0v) is 18.3. The highest BCUT2D eigenvalue weighted by Crippen LogP contribution is 2.49. The number of hydrogen-bond acceptors (Lipinski definition) is 5. The second kappa shape index (κ2) is 8.02. The number of hydrogen-bond donors (Lipinski definition) is 2. The highest BCUT2D eigenvalue weighted by molar-refractivity contribution is 7.89. The first-order valence-electron chi connectivity index (χ1n) is 10.1. The van der Waals surface area contributed by atoms with Crippen LogP contribution in [0.3, 0.4) is 0 Å². The first-order chi connectivity index (χ1) is 14.2. The number of alkyl halides is 3. The second-order valence-electron chi connectivity index (χ2n) is 8.94. The fourth-order valence-corrected chi connectivity index (χ4v) is 5.79. The minimum absolute atomic E-state index is 0.0993. The maximum absolute atomic E-state index is 13.1. The molecule has 0 aromatic heterocycles. The van der Waals surface area contributed by atoms with E-state index < -0.39 is 27.4 Å². The minimum Gasteiger partial charge on any atom is -0.376 e. The molecule has 7 nitrogen and oxygen atoms in total. The van der Waals surface area contributed by atoms with Gasteiger partial charge in [-0.25, -0.2) is 8.42 Å². The van der Waals surface area contributed by atoms with Crippen LogP contribution < -0.4 is 5.73 Å². The zero-order chi connectivity index (χ0) is 23.2. The van der Waals surface area contributed by atoms with Crippen molar-refractivity contribution in [2.75, 3.05) is 26.2 Å². The Morgan fingerprint density at radius 2 is 1.81 bits per heavy atom. The summed E-state index contributed by atoms with van der Waals surface area (Å²) in [6.45, 7) is 4.31. The molecule has 1 aromatic rings. The Hall–Kier alpha value is -1.69. The van der Waals surface area contributed by atoms with Crippen molar-refractivity contribution in [3.05, 3.63) is 29.8 Å². The van der Waals surface area contributed by atoms with Crippen LogP contribution in [0.5, 0.6) is 0 Å². The number of rotatable bonds is 7. The maximum Gasteiger partial charge on any atom is 0.421 e. The Morgan fingerprint density at radius 1 is 1.23 bits per heavy atom. The Morgan fingerprint density at radius 3 is 2.26 bits per heavy atom. The molecule has 1 aliphatic heterocycles. The monoisotopic (exact) mass is 463 g/mol. The third-order valence-electron chi connectivity index (χ3n) is 6.29. The van der Waals surface area contributed by atoms with Crippen LogP contribution in [-0.4, -0.2) is 67.0 Å². The van der Waals surface area contributed by atoms with Gasteiger partial charge in [0, 0.05) is 38.6 Å². The summed E-state index contributed by atoms with van der Waals surface area (Å²) >= 11 is 0. The lowest BCUT2D eigenvalue weighted by Crippen LogP contribution is -2.54. The van der Waals surface area contributed by atoms with Crippen molar-refractivity contribution in [2.45, 2.75) is 55.8 Å². The molecule has 0 bridgehead atoms. The minimum atomic E-state index is -4.88. The fraction of sp³-hybridized carbons (Fsp3) is 0.650.